The van der Waals surface area contributed by atoms with E-state index in [-0.39, 0.29) is 0 Å². The smallest absolute Gasteiger partial charge is 0.0211 e. The molecule has 1 heteroatoms. The van der Waals surface area contributed by atoms with Crippen molar-refractivity contribution in [1.82, 2.24) is 0 Å². The third kappa shape index (κ3) is 1.98. The van der Waals surface area contributed by atoms with Gasteiger partial charge in [-0.05, 0) is 10.8 Å². The predicted octanol–water partition coefficient (Wildman–Crippen LogP) is 3.08. The van der Waals surface area contributed by atoms with Crippen LogP contribution in [0.4, 0.5) is 0 Å². The molecule has 0 unspecified atom stereocenters. The topological polar surface area (TPSA) is 0 Å². The lowest BCUT2D eigenvalue weighted by atomic mass is 10.1. The normalized spacial score (nSPS) is 10.5. The molecule has 0 saturated heterocycles. The van der Waals surface area contributed by atoms with Crippen molar-refractivity contribution in [3.05, 3.63) is 72.8 Å². The monoisotopic (exact) mass is 247 g/mol. The minimum absolute atomic E-state index is 0.670. The van der Waals surface area contributed by atoms with E-state index in [1.54, 1.807) is 0 Å². The SMILES string of the molecule is C[Si-](c1ccccc1)c1cccc2ccccc12. The molecule has 3 aromatic carbocycles. The van der Waals surface area contributed by atoms with E-state index in [4.69, 9.17) is 0 Å². The van der Waals surface area contributed by atoms with E-state index < -0.39 is 8.80 Å². The summed E-state index contributed by atoms with van der Waals surface area (Å²) in [6, 6.07) is 26.2. The van der Waals surface area contributed by atoms with Crippen molar-refractivity contribution in [2.24, 2.45) is 0 Å². The number of benzene rings is 3. The van der Waals surface area contributed by atoms with Crippen LogP contribution in [0.2, 0.25) is 6.55 Å². The fourth-order valence-corrected chi connectivity index (χ4v) is 4.38. The third-order valence-corrected chi connectivity index (χ3v) is 5.84. The highest BCUT2D eigenvalue weighted by molar-refractivity contribution is 6.85. The second-order valence-corrected chi connectivity index (χ2v) is 6.88. The van der Waals surface area contributed by atoms with Gasteiger partial charge >= 0.3 is 0 Å². The Bertz CT molecular complexity index is 653. The molecule has 0 aromatic heterocycles. The molecule has 0 aliphatic rings. The Balaban J connectivity index is 2.15. The van der Waals surface area contributed by atoms with E-state index in [1.807, 2.05) is 0 Å². The van der Waals surface area contributed by atoms with Crippen molar-refractivity contribution in [3.63, 3.8) is 0 Å². The number of fused-ring (bicyclic) bond motifs is 1. The Morgan fingerprint density at radius 3 is 2.17 bits per heavy atom. The highest BCUT2D eigenvalue weighted by Gasteiger charge is 1.99. The Morgan fingerprint density at radius 1 is 0.667 bits per heavy atom. The molecule has 3 rings (SSSR count). The summed E-state index contributed by atoms with van der Waals surface area (Å²) in [7, 11) is -0.670. The minimum atomic E-state index is -0.670. The van der Waals surface area contributed by atoms with Gasteiger partial charge in [-0.3, -0.25) is 8.80 Å². The molecule has 0 spiro atoms. The molecule has 0 fully saturated rings. The van der Waals surface area contributed by atoms with Crippen LogP contribution in [-0.2, 0) is 0 Å². The van der Waals surface area contributed by atoms with Crippen LogP contribution in [0.15, 0.2) is 72.8 Å². The first-order valence-electron chi connectivity index (χ1n) is 6.23. The summed E-state index contributed by atoms with van der Waals surface area (Å²) in [6.45, 7) is 2.38. The molecule has 0 saturated carbocycles. The molecule has 0 heterocycles. The zero-order valence-electron chi connectivity index (χ0n) is 10.4. The van der Waals surface area contributed by atoms with Gasteiger partial charge < -0.3 is 0 Å². The maximum Gasteiger partial charge on any atom is -0.0211 e. The zero-order chi connectivity index (χ0) is 12.4. The van der Waals surface area contributed by atoms with Gasteiger partial charge in [-0.1, -0.05) is 72.8 Å². The first-order chi connectivity index (χ1) is 8.86. The maximum absolute atomic E-state index is 2.38. The van der Waals surface area contributed by atoms with Crippen LogP contribution in [-0.4, -0.2) is 8.80 Å². The lowest BCUT2D eigenvalue weighted by molar-refractivity contribution is 1.74. The van der Waals surface area contributed by atoms with Crippen LogP contribution in [0.3, 0.4) is 0 Å². The summed E-state index contributed by atoms with van der Waals surface area (Å²) < 4.78 is 0. The standard InChI is InChI=1S/C17H15Si/c1-18(15-10-3-2-4-11-15)17-13-7-9-14-8-5-6-12-16(14)17/h2-13H,1H3/q-1. The van der Waals surface area contributed by atoms with E-state index in [1.165, 1.54) is 21.1 Å². The molecule has 18 heavy (non-hydrogen) atoms. The second-order valence-electron chi connectivity index (χ2n) is 4.52. The van der Waals surface area contributed by atoms with E-state index in [0.717, 1.165) is 0 Å². The molecule has 0 radical (unpaired) electrons. The fraction of sp³-hybridized carbons (Fsp3) is 0.0588. The molecule has 0 amide bonds. The minimum Gasteiger partial charge on any atom is -0.254 e. The fourth-order valence-electron chi connectivity index (χ4n) is 2.40. The van der Waals surface area contributed by atoms with Crippen molar-refractivity contribution < 1.29 is 0 Å². The number of hydrogen-bond acceptors (Lipinski definition) is 0. The van der Waals surface area contributed by atoms with Crippen molar-refractivity contribution >= 4 is 29.9 Å². The van der Waals surface area contributed by atoms with E-state index in [0.29, 0.717) is 0 Å². The molecule has 0 aliphatic carbocycles. The molecule has 88 valence electrons. The molecule has 0 bridgehead atoms. The van der Waals surface area contributed by atoms with Gasteiger partial charge in [0.15, 0.2) is 0 Å². The molecule has 0 aliphatic heterocycles. The highest BCUT2D eigenvalue weighted by atomic mass is 28.3. The molecule has 0 nitrogen and oxygen atoms in total. The first kappa shape index (κ1) is 11.2. The van der Waals surface area contributed by atoms with Gasteiger partial charge in [0.2, 0.25) is 0 Å². The van der Waals surface area contributed by atoms with Gasteiger partial charge in [-0.2, -0.15) is 16.9 Å². The zero-order valence-corrected chi connectivity index (χ0v) is 11.4. The second kappa shape index (κ2) is 4.79. The van der Waals surface area contributed by atoms with Gasteiger partial charge in [0, 0.05) is 0 Å². The van der Waals surface area contributed by atoms with Crippen LogP contribution >= 0.6 is 0 Å². The largest absolute Gasteiger partial charge is 0.254 e. The van der Waals surface area contributed by atoms with Gasteiger partial charge in [0.05, 0.1) is 0 Å². The van der Waals surface area contributed by atoms with Crippen LogP contribution in [0.5, 0.6) is 0 Å². The molecular formula is C17H15Si-. The van der Waals surface area contributed by atoms with Crippen molar-refractivity contribution in [1.29, 1.82) is 0 Å². The first-order valence-corrected chi connectivity index (χ1v) is 8.23. The van der Waals surface area contributed by atoms with E-state index >= 15 is 0 Å². The Morgan fingerprint density at radius 2 is 1.33 bits per heavy atom. The van der Waals surface area contributed by atoms with Crippen LogP contribution in [0, 0.1) is 0 Å². The Hall–Kier alpha value is -1.86. The summed E-state index contributed by atoms with van der Waals surface area (Å²) >= 11 is 0. The van der Waals surface area contributed by atoms with Gasteiger partial charge in [-0.25, -0.2) is 0 Å². The van der Waals surface area contributed by atoms with Crippen LogP contribution < -0.4 is 10.4 Å². The van der Waals surface area contributed by atoms with Gasteiger partial charge in [0.25, 0.3) is 0 Å². The quantitative estimate of drug-likeness (QED) is 0.611. The molecule has 3 aromatic rings. The average molecular weight is 247 g/mol. The maximum atomic E-state index is 2.38. The Kier molecular flexibility index (Phi) is 2.99. The average Bonchev–Trinajstić information content (AvgIpc) is 2.47. The summed E-state index contributed by atoms with van der Waals surface area (Å²) in [5.74, 6) is 0. The summed E-state index contributed by atoms with van der Waals surface area (Å²) in [5.41, 5.74) is 0. The third-order valence-electron chi connectivity index (χ3n) is 3.40. The van der Waals surface area contributed by atoms with E-state index in [2.05, 4.69) is 79.3 Å². The van der Waals surface area contributed by atoms with E-state index in [9.17, 15) is 0 Å². The summed E-state index contributed by atoms with van der Waals surface area (Å²) in [6.07, 6.45) is 0. The lowest BCUT2D eigenvalue weighted by Gasteiger charge is -2.28. The molecular weight excluding hydrogens is 232 g/mol. The van der Waals surface area contributed by atoms with Crippen LogP contribution in [0.1, 0.15) is 0 Å². The van der Waals surface area contributed by atoms with Crippen molar-refractivity contribution in [3.8, 4) is 0 Å². The summed E-state index contributed by atoms with van der Waals surface area (Å²) in [4.78, 5) is 0. The molecule has 0 atom stereocenters. The van der Waals surface area contributed by atoms with Gasteiger partial charge in [0.1, 0.15) is 0 Å². The predicted molar refractivity (Wildman–Crippen MR) is 81.3 cm³/mol. The Labute approximate surface area is 110 Å². The number of hydrogen-bond donors (Lipinski definition) is 0. The van der Waals surface area contributed by atoms with Gasteiger partial charge in [-0.15, -0.1) is 0 Å². The molecule has 0 N–H and O–H groups in total. The highest BCUT2D eigenvalue weighted by Crippen LogP contribution is 2.11. The summed E-state index contributed by atoms with van der Waals surface area (Å²) in [5, 5.41) is 5.72. The van der Waals surface area contributed by atoms with Crippen molar-refractivity contribution in [2.45, 2.75) is 6.55 Å². The van der Waals surface area contributed by atoms with Crippen LogP contribution in [0.25, 0.3) is 10.8 Å². The van der Waals surface area contributed by atoms with Crippen molar-refractivity contribution in [2.75, 3.05) is 0 Å². The lowest BCUT2D eigenvalue weighted by Crippen LogP contribution is -2.39. The number of rotatable bonds is 2.